The Balaban J connectivity index is 1.69. The van der Waals surface area contributed by atoms with Crippen LogP contribution in [0.3, 0.4) is 0 Å². The summed E-state index contributed by atoms with van der Waals surface area (Å²) in [6.07, 6.45) is 7.07. The fourth-order valence-corrected chi connectivity index (χ4v) is 6.88. The molecule has 0 spiro atoms. The van der Waals surface area contributed by atoms with E-state index >= 15 is 0 Å². The van der Waals surface area contributed by atoms with Crippen molar-refractivity contribution in [3.8, 4) is 0 Å². The number of hydrogen-bond donors (Lipinski definition) is 2. The van der Waals surface area contributed by atoms with Gasteiger partial charge in [-0.2, -0.15) is 0 Å². The van der Waals surface area contributed by atoms with Crippen LogP contribution in [0.25, 0.3) is 0 Å². The van der Waals surface area contributed by atoms with Crippen LogP contribution in [0.5, 0.6) is 0 Å². The van der Waals surface area contributed by atoms with Crippen LogP contribution >= 0.6 is 0 Å². The van der Waals surface area contributed by atoms with E-state index in [1.807, 2.05) is 0 Å². The predicted octanol–water partition coefficient (Wildman–Crippen LogP) is 2.93. The van der Waals surface area contributed by atoms with E-state index in [1.165, 1.54) is 0 Å². The maximum atomic E-state index is 13.0. The van der Waals surface area contributed by atoms with Crippen LogP contribution in [0.15, 0.2) is 0 Å². The summed E-state index contributed by atoms with van der Waals surface area (Å²) in [5, 5.41) is 20.5. The van der Waals surface area contributed by atoms with E-state index in [1.54, 1.807) is 0 Å². The lowest BCUT2D eigenvalue weighted by atomic mass is 9.45. The Kier molecular flexibility index (Phi) is 3.30. The zero-order chi connectivity index (χ0) is 15.7. The molecular formula is C19H30O3. The summed E-state index contributed by atoms with van der Waals surface area (Å²) >= 11 is 0. The van der Waals surface area contributed by atoms with E-state index in [2.05, 4.69) is 13.8 Å². The second-order valence-electron chi connectivity index (χ2n) is 9.18. The van der Waals surface area contributed by atoms with Gasteiger partial charge in [0.15, 0.2) is 0 Å². The van der Waals surface area contributed by atoms with Gasteiger partial charge in [0.05, 0.1) is 12.2 Å². The second-order valence-corrected chi connectivity index (χ2v) is 9.18. The third-order valence-corrected chi connectivity index (χ3v) is 8.39. The average molecular weight is 306 g/mol. The molecule has 124 valence electrons. The molecule has 0 heterocycles. The van der Waals surface area contributed by atoms with Gasteiger partial charge in [0.2, 0.25) is 0 Å². The lowest BCUT2D eigenvalue weighted by molar-refractivity contribution is -0.162. The molecule has 4 saturated carbocycles. The Morgan fingerprint density at radius 3 is 2.41 bits per heavy atom. The van der Waals surface area contributed by atoms with Crippen LogP contribution in [0.2, 0.25) is 0 Å². The summed E-state index contributed by atoms with van der Waals surface area (Å²) in [7, 11) is 0. The van der Waals surface area contributed by atoms with Crippen molar-refractivity contribution >= 4 is 5.78 Å². The van der Waals surface area contributed by atoms with Gasteiger partial charge in [0.25, 0.3) is 0 Å². The van der Waals surface area contributed by atoms with Crippen molar-refractivity contribution in [1.82, 2.24) is 0 Å². The summed E-state index contributed by atoms with van der Waals surface area (Å²) in [5.74, 6) is 1.85. The first-order valence-corrected chi connectivity index (χ1v) is 9.25. The Morgan fingerprint density at radius 1 is 0.955 bits per heavy atom. The van der Waals surface area contributed by atoms with Crippen molar-refractivity contribution in [2.24, 2.45) is 34.5 Å². The summed E-state index contributed by atoms with van der Waals surface area (Å²) in [5.41, 5.74) is 0.195. The molecule has 0 saturated heterocycles. The van der Waals surface area contributed by atoms with Crippen LogP contribution in [-0.2, 0) is 4.79 Å². The minimum Gasteiger partial charge on any atom is -0.393 e. The van der Waals surface area contributed by atoms with E-state index in [-0.39, 0.29) is 29.0 Å². The molecule has 4 aliphatic rings. The molecular weight excluding hydrogens is 276 g/mol. The van der Waals surface area contributed by atoms with Gasteiger partial charge in [0, 0.05) is 12.3 Å². The Hall–Kier alpha value is -0.410. The molecule has 22 heavy (non-hydrogen) atoms. The molecule has 3 nitrogen and oxygen atoms in total. The van der Waals surface area contributed by atoms with Crippen molar-refractivity contribution in [2.75, 3.05) is 0 Å². The van der Waals surface area contributed by atoms with Crippen LogP contribution in [0, 0.1) is 34.5 Å². The number of carbonyl (C=O) groups is 1. The topological polar surface area (TPSA) is 57.5 Å². The van der Waals surface area contributed by atoms with Gasteiger partial charge in [-0.25, -0.2) is 0 Å². The number of Topliss-reactive ketones (excluding diaryl/α,β-unsaturated/α-hetero) is 1. The molecule has 0 aromatic rings. The lowest BCUT2D eigenvalue weighted by Gasteiger charge is -2.59. The number of fused-ring (bicyclic) bond motifs is 5. The van der Waals surface area contributed by atoms with Crippen molar-refractivity contribution in [3.05, 3.63) is 0 Å². The van der Waals surface area contributed by atoms with E-state index in [0.717, 1.165) is 44.9 Å². The second kappa shape index (κ2) is 4.80. The average Bonchev–Trinajstić information content (AvgIpc) is 2.77. The number of aliphatic hydroxyl groups is 2. The number of rotatable bonds is 0. The molecule has 0 aromatic carbocycles. The molecule has 3 heteroatoms. The molecule has 4 aliphatic carbocycles. The van der Waals surface area contributed by atoms with Crippen LogP contribution in [0.4, 0.5) is 0 Å². The molecule has 0 bridgehead atoms. The fraction of sp³-hybridized carbons (Fsp3) is 0.947. The first kappa shape index (κ1) is 15.1. The molecule has 2 N–H and O–H groups in total. The van der Waals surface area contributed by atoms with Crippen LogP contribution < -0.4 is 0 Å². The SMILES string of the molecule is C[C@]12CC[C@H](O)C[C@@H]1CC(=O)[C@H]1[C@H]2CC[C@@]2(C)[C@H](O)CC[C@H]12. The highest BCUT2D eigenvalue weighted by molar-refractivity contribution is 5.83. The maximum absolute atomic E-state index is 13.0. The number of carbonyl (C=O) groups excluding carboxylic acids is 1. The quantitative estimate of drug-likeness (QED) is 0.723. The van der Waals surface area contributed by atoms with E-state index in [4.69, 9.17) is 0 Å². The molecule has 0 unspecified atom stereocenters. The summed E-state index contributed by atoms with van der Waals surface area (Å²) < 4.78 is 0. The van der Waals surface area contributed by atoms with Crippen molar-refractivity contribution < 1.29 is 15.0 Å². The summed E-state index contributed by atoms with van der Waals surface area (Å²) in [4.78, 5) is 13.0. The number of aliphatic hydroxyl groups excluding tert-OH is 2. The largest absolute Gasteiger partial charge is 0.393 e. The predicted molar refractivity (Wildman–Crippen MR) is 84.1 cm³/mol. The standard InChI is InChI=1S/C19H30O3/c1-18-7-5-12(20)9-11(18)10-15(21)17-13-3-4-16(22)19(13,2)8-6-14(17)18/h11-14,16-17,20,22H,3-10H2,1-2H3/t11-,12+,13-,14-,16-,17-,18+,19-/m1/s1. The molecule has 8 atom stereocenters. The zero-order valence-electron chi connectivity index (χ0n) is 13.9. The Bertz CT molecular complexity index is 489. The maximum Gasteiger partial charge on any atom is 0.136 e. The lowest BCUT2D eigenvalue weighted by Crippen LogP contribution is -2.57. The molecule has 0 radical (unpaired) electrons. The number of ketones is 1. The summed E-state index contributed by atoms with van der Waals surface area (Å²) in [6, 6.07) is 0. The van der Waals surface area contributed by atoms with E-state index in [0.29, 0.717) is 30.0 Å². The molecule has 0 aliphatic heterocycles. The molecule has 0 amide bonds. The van der Waals surface area contributed by atoms with Crippen LogP contribution in [0.1, 0.15) is 65.2 Å². The van der Waals surface area contributed by atoms with Gasteiger partial charge < -0.3 is 10.2 Å². The van der Waals surface area contributed by atoms with Gasteiger partial charge in [-0.3, -0.25) is 4.79 Å². The van der Waals surface area contributed by atoms with Gasteiger partial charge in [-0.1, -0.05) is 13.8 Å². The minimum atomic E-state index is -0.218. The summed E-state index contributed by atoms with van der Waals surface area (Å²) in [6.45, 7) is 4.61. The smallest absolute Gasteiger partial charge is 0.136 e. The zero-order valence-corrected chi connectivity index (χ0v) is 13.9. The third-order valence-electron chi connectivity index (χ3n) is 8.39. The van der Waals surface area contributed by atoms with E-state index in [9.17, 15) is 15.0 Å². The molecule has 4 fully saturated rings. The minimum absolute atomic E-state index is 0.0335. The highest BCUT2D eigenvalue weighted by Crippen LogP contribution is 2.65. The first-order valence-electron chi connectivity index (χ1n) is 9.25. The van der Waals surface area contributed by atoms with Crippen molar-refractivity contribution in [3.63, 3.8) is 0 Å². The number of hydrogen-bond acceptors (Lipinski definition) is 3. The van der Waals surface area contributed by atoms with Gasteiger partial charge in [-0.15, -0.1) is 0 Å². The normalized spacial score (nSPS) is 57.9. The monoisotopic (exact) mass is 306 g/mol. The van der Waals surface area contributed by atoms with Gasteiger partial charge in [0.1, 0.15) is 5.78 Å². The Morgan fingerprint density at radius 2 is 1.64 bits per heavy atom. The molecule has 0 aromatic heterocycles. The van der Waals surface area contributed by atoms with Gasteiger partial charge in [-0.05, 0) is 73.5 Å². The first-order chi connectivity index (χ1) is 10.4. The van der Waals surface area contributed by atoms with Crippen LogP contribution in [-0.4, -0.2) is 28.2 Å². The highest BCUT2D eigenvalue weighted by Gasteiger charge is 2.62. The van der Waals surface area contributed by atoms with Gasteiger partial charge >= 0.3 is 0 Å². The third kappa shape index (κ3) is 1.84. The molecule has 4 rings (SSSR count). The van der Waals surface area contributed by atoms with Crippen molar-refractivity contribution in [1.29, 1.82) is 0 Å². The Labute approximate surface area is 133 Å². The van der Waals surface area contributed by atoms with E-state index < -0.39 is 0 Å². The highest BCUT2D eigenvalue weighted by atomic mass is 16.3. The fourth-order valence-electron chi connectivity index (χ4n) is 6.88. The van der Waals surface area contributed by atoms with Crippen molar-refractivity contribution in [2.45, 2.75) is 77.4 Å².